The van der Waals surface area contributed by atoms with Crippen molar-refractivity contribution >= 4 is 5.69 Å². The first-order valence-electron chi connectivity index (χ1n) is 7.51. The molecule has 0 spiro atoms. The summed E-state index contributed by atoms with van der Waals surface area (Å²) in [4.78, 5) is 2.44. The van der Waals surface area contributed by atoms with Crippen molar-refractivity contribution < 1.29 is 4.74 Å². The molecule has 1 aromatic rings. The predicted molar refractivity (Wildman–Crippen MR) is 79.1 cm³/mol. The minimum absolute atomic E-state index is 0.795. The fourth-order valence-corrected chi connectivity index (χ4v) is 2.79. The van der Waals surface area contributed by atoms with Gasteiger partial charge in [0.1, 0.15) is 5.75 Å². The third-order valence-corrected chi connectivity index (χ3v) is 4.23. The summed E-state index contributed by atoms with van der Waals surface area (Å²) in [6.45, 7) is 7.38. The Balaban J connectivity index is 1.67. The number of hydrogen-bond donors (Lipinski definition) is 1. The van der Waals surface area contributed by atoms with Crippen LogP contribution in [0.3, 0.4) is 0 Å². The monoisotopic (exact) mass is 260 g/mol. The third-order valence-electron chi connectivity index (χ3n) is 4.23. The van der Waals surface area contributed by atoms with Gasteiger partial charge in [0, 0.05) is 37.9 Å². The number of nitrogens with one attached hydrogen (secondary N) is 1. The Labute approximate surface area is 115 Å². The fraction of sp³-hybridized carbons (Fsp3) is 0.625. The van der Waals surface area contributed by atoms with Crippen LogP contribution in [0.2, 0.25) is 0 Å². The average molecular weight is 260 g/mol. The first-order valence-corrected chi connectivity index (χ1v) is 7.51. The van der Waals surface area contributed by atoms with Crippen molar-refractivity contribution in [2.24, 2.45) is 5.92 Å². The van der Waals surface area contributed by atoms with Crippen molar-refractivity contribution in [2.45, 2.75) is 26.2 Å². The van der Waals surface area contributed by atoms with E-state index in [0.717, 1.165) is 44.5 Å². The van der Waals surface area contributed by atoms with E-state index in [0.29, 0.717) is 0 Å². The van der Waals surface area contributed by atoms with E-state index >= 15 is 0 Å². The van der Waals surface area contributed by atoms with Crippen LogP contribution in [0.1, 0.15) is 24.8 Å². The fourth-order valence-electron chi connectivity index (χ4n) is 2.79. The molecule has 1 aliphatic heterocycles. The highest BCUT2D eigenvalue weighted by atomic mass is 16.5. The molecule has 0 aromatic heterocycles. The summed E-state index contributed by atoms with van der Waals surface area (Å²) in [6.07, 6.45) is 4.07. The molecule has 3 nitrogen and oxygen atoms in total. The second-order valence-electron chi connectivity index (χ2n) is 5.85. The number of rotatable bonds is 4. The Morgan fingerprint density at radius 1 is 1.21 bits per heavy atom. The molecule has 1 aliphatic carbocycles. The third kappa shape index (κ3) is 3.21. The van der Waals surface area contributed by atoms with E-state index in [1.165, 1.54) is 30.5 Å². The van der Waals surface area contributed by atoms with Gasteiger partial charge in [-0.15, -0.1) is 0 Å². The van der Waals surface area contributed by atoms with Crippen LogP contribution >= 0.6 is 0 Å². The minimum atomic E-state index is 0.795. The molecule has 3 rings (SSSR count). The van der Waals surface area contributed by atoms with Gasteiger partial charge < -0.3 is 15.0 Å². The summed E-state index contributed by atoms with van der Waals surface area (Å²) < 4.78 is 5.98. The molecule has 2 fully saturated rings. The maximum Gasteiger partial charge on any atom is 0.121 e. The average Bonchev–Trinajstić information content (AvgIpc) is 2.37. The smallest absolute Gasteiger partial charge is 0.121 e. The SMILES string of the molecule is Cc1cc(OCC2CCC2)cc(N2CCNCC2)c1. The van der Waals surface area contributed by atoms with Crippen molar-refractivity contribution in [1.82, 2.24) is 5.32 Å². The van der Waals surface area contributed by atoms with E-state index in [-0.39, 0.29) is 0 Å². The highest BCUT2D eigenvalue weighted by Crippen LogP contribution is 2.29. The Bertz CT molecular complexity index is 423. The summed E-state index contributed by atoms with van der Waals surface area (Å²) in [5, 5.41) is 3.40. The van der Waals surface area contributed by atoms with Gasteiger partial charge in [0.25, 0.3) is 0 Å². The molecule has 0 atom stereocenters. The Morgan fingerprint density at radius 2 is 2.00 bits per heavy atom. The van der Waals surface area contributed by atoms with Gasteiger partial charge in [-0.1, -0.05) is 6.42 Å². The van der Waals surface area contributed by atoms with E-state index in [9.17, 15) is 0 Å². The lowest BCUT2D eigenvalue weighted by Gasteiger charge is -2.30. The quantitative estimate of drug-likeness (QED) is 0.900. The molecule has 104 valence electrons. The van der Waals surface area contributed by atoms with E-state index in [1.54, 1.807) is 0 Å². The van der Waals surface area contributed by atoms with Crippen molar-refractivity contribution in [3.05, 3.63) is 23.8 Å². The first kappa shape index (κ1) is 12.8. The van der Waals surface area contributed by atoms with Crippen molar-refractivity contribution in [2.75, 3.05) is 37.7 Å². The lowest BCUT2D eigenvalue weighted by atomic mass is 9.86. The molecule has 19 heavy (non-hydrogen) atoms. The molecule has 1 saturated carbocycles. The van der Waals surface area contributed by atoms with Gasteiger partial charge in [-0.25, -0.2) is 0 Å². The van der Waals surface area contributed by atoms with Crippen LogP contribution in [0.15, 0.2) is 18.2 Å². The zero-order chi connectivity index (χ0) is 13.1. The highest BCUT2D eigenvalue weighted by molar-refractivity contribution is 5.53. The number of nitrogens with zero attached hydrogens (tertiary/aromatic N) is 1. The molecule has 1 heterocycles. The van der Waals surface area contributed by atoms with Crippen LogP contribution in [-0.4, -0.2) is 32.8 Å². The molecule has 1 saturated heterocycles. The van der Waals surface area contributed by atoms with Crippen molar-refractivity contribution in [3.8, 4) is 5.75 Å². The maximum absolute atomic E-state index is 5.98. The summed E-state index contributed by atoms with van der Waals surface area (Å²) in [5.41, 5.74) is 2.60. The van der Waals surface area contributed by atoms with Gasteiger partial charge in [-0.05, 0) is 43.4 Å². The summed E-state index contributed by atoms with van der Waals surface area (Å²) in [5.74, 6) is 1.84. The Kier molecular flexibility index (Phi) is 3.92. The molecule has 0 bridgehead atoms. The molecule has 2 aliphatic rings. The number of hydrogen-bond acceptors (Lipinski definition) is 3. The van der Waals surface area contributed by atoms with Crippen LogP contribution in [0.5, 0.6) is 5.75 Å². The van der Waals surface area contributed by atoms with Gasteiger partial charge in [0.2, 0.25) is 0 Å². The van der Waals surface area contributed by atoms with Crippen LogP contribution in [0.4, 0.5) is 5.69 Å². The van der Waals surface area contributed by atoms with E-state index < -0.39 is 0 Å². The highest BCUT2D eigenvalue weighted by Gasteiger charge is 2.18. The molecule has 0 radical (unpaired) electrons. The normalized spacial score (nSPS) is 20.2. The molecule has 0 unspecified atom stereocenters. The van der Waals surface area contributed by atoms with Crippen LogP contribution in [0.25, 0.3) is 0 Å². The van der Waals surface area contributed by atoms with Crippen LogP contribution in [0, 0.1) is 12.8 Å². The standard InChI is InChI=1S/C16H24N2O/c1-13-9-15(18-7-5-17-6-8-18)11-16(10-13)19-12-14-3-2-4-14/h9-11,14,17H,2-8,12H2,1H3. The Morgan fingerprint density at radius 3 is 2.68 bits per heavy atom. The number of aryl methyl sites for hydroxylation is 1. The predicted octanol–water partition coefficient (Wildman–Crippen LogP) is 2.58. The van der Waals surface area contributed by atoms with Gasteiger partial charge in [0.05, 0.1) is 6.61 Å². The zero-order valence-corrected chi connectivity index (χ0v) is 11.8. The lowest BCUT2D eigenvalue weighted by Crippen LogP contribution is -2.43. The molecule has 0 amide bonds. The second-order valence-corrected chi connectivity index (χ2v) is 5.85. The van der Waals surface area contributed by atoms with E-state index in [4.69, 9.17) is 4.74 Å². The molecule has 3 heteroatoms. The molecular weight excluding hydrogens is 236 g/mol. The van der Waals surface area contributed by atoms with Crippen molar-refractivity contribution in [3.63, 3.8) is 0 Å². The van der Waals surface area contributed by atoms with Gasteiger partial charge in [-0.3, -0.25) is 0 Å². The maximum atomic E-state index is 5.98. The second kappa shape index (κ2) is 5.83. The Hall–Kier alpha value is -1.22. The summed E-state index contributed by atoms with van der Waals surface area (Å²) in [6, 6.07) is 6.63. The molecule has 1 aromatic carbocycles. The summed E-state index contributed by atoms with van der Waals surface area (Å²) in [7, 11) is 0. The topological polar surface area (TPSA) is 24.5 Å². The van der Waals surface area contributed by atoms with E-state index in [1.807, 2.05) is 0 Å². The minimum Gasteiger partial charge on any atom is -0.493 e. The van der Waals surface area contributed by atoms with Gasteiger partial charge in [-0.2, -0.15) is 0 Å². The van der Waals surface area contributed by atoms with Crippen LogP contribution in [-0.2, 0) is 0 Å². The van der Waals surface area contributed by atoms with Gasteiger partial charge in [0.15, 0.2) is 0 Å². The number of anilines is 1. The van der Waals surface area contributed by atoms with Gasteiger partial charge >= 0.3 is 0 Å². The van der Waals surface area contributed by atoms with Crippen molar-refractivity contribution in [1.29, 1.82) is 0 Å². The molecular formula is C16H24N2O. The lowest BCUT2D eigenvalue weighted by molar-refractivity contribution is 0.180. The van der Waals surface area contributed by atoms with Crippen LogP contribution < -0.4 is 15.0 Å². The largest absolute Gasteiger partial charge is 0.493 e. The molecule has 1 N–H and O–H groups in total. The number of piperazine rings is 1. The van der Waals surface area contributed by atoms with E-state index in [2.05, 4.69) is 35.3 Å². The number of benzene rings is 1. The first-order chi connectivity index (χ1) is 9.31. The summed E-state index contributed by atoms with van der Waals surface area (Å²) >= 11 is 0. The zero-order valence-electron chi connectivity index (χ0n) is 11.8. The number of ether oxygens (including phenoxy) is 1.